The topological polar surface area (TPSA) is 53.4 Å². The Hall–Kier alpha value is -3.52. The van der Waals surface area contributed by atoms with Crippen LogP contribution < -0.4 is 4.74 Å². The summed E-state index contributed by atoms with van der Waals surface area (Å²) in [5.41, 5.74) is 1.96. The van der Waals surface area contributed by atoms with Gasteiger partial charge in [-0.1, -0.05) is 48.9 Å². The fraction of sp³-hybridized carbons (Fsp3) is 0.200. The first-order chi connectivity index (χ1) is 16.2. The molecule has 0 bridgehead atoms. The van der Waals surface area contributed by atoms with Crippen LogP contribution in [0.25, 0.3) is 27.8 Å². The molecule has 5 nitrogen and oxygen atoms in total. The van der Waals surface area contributed by atoms with Crippen LogP contribution in [0.2, 0.25) is 5.02 Å². The maximum atomic E-state index is 13.3. The number of imidazole rings is 1. The van der Waals surface area contributed by atoms with Crippen molar-refractivity contribution in [3.8, 4) is 22.6 Å². The number of carbonyl (C=O) groups excluding carboxylic acids is 1. The van der Waals surface area contributed by atoms with E-state index in [0.29, 0.717) is 34.8 Å². The third-order valence-electron chi connectivity index (χ3n) is 5.21. The summed E-state index contributed by atoms with van der Waals surface area (Å²) in [4.78, 5) is 16.2. The molecule has 34 heavy (non-hydrogen) atoms. The van der Waals surface area contributed by atoms with Gasteiger partial charge in [-0.05, 0) is 42.8 Å². The summed E-state index contributed by atoms with van der Waals surface area (Å²) in [6.07, 6.45) is -4.85. The third kappa shape index (κ3) is 4.59. The highest BCUT2D eigenvalue weighted by molar-refractivity contribution is 6.32. The van der Waals surface area contributed by atoms with Crippen LogP contribution in [0.4, 0.5) is 18.0 Å². The van der Waals surface area contributed by atoms with Crippen molar-refractivity contribution in [2.24, 2.45) is 0 Å². The van der Waals surface area contributed by atoms with E-state index in [1.807, 2.05) is 43.3 Å². The minimum Gasteiger partial charge on any atom is -0.434 e. The number of carbonyl (C=O) groups is 1. The lowest BCUT2D eigenvalue weighted by atomic mass is 10.0. The molecule has 0 aliphatic carbocycles. The number of benzene rings is 3. The molecule has 4 aromatic rings. The highest BCUT2D eigenvalue weighted by atomic mass is 35.5. The van der Waals surface area contributed by atoms with Gasteiger partial charge < -0.3 is 9.47 Å². The Labute approximate surface area is 198 Å². The van der Waals surface area contributed by atoms with Crippen molar-refractivity contribution < 1.29 is 27.4 Å². The highest BCUT2D eigenvalue weighted by Crippen LogP contribution is 2.38. The largest absolute Gasteiger partial charge is 0.513 e. The molecule has 4 rings (SSSR count). The first-order valence-electron chi connectivity index (χ1n) is 10.6. The Bertz CT molecular complexity index is 1350. The van der Waals surface area contributed by atoms with E-state index in [0.717, 1.165) is 11.6 Å². The van der Waals surface area contributed by atoms with E-state index in [-0.39, 0.29) is 17.1 Å². The number of fused-ring (bicyclic) bond motifs is 1. The number of ether oxygens (including phenoxy) is 2. The summed E-state index contributed by atoms with van der Waals surface area (Å²) >= 11 is 5.97. The molecule has 0 saturated carbocycles. The number of para-hydroxylation sites is 1. The van der Waals surface area contributed by atoms with Crippen molar-refractivity contribution in [1.29, 1.82) is 0 Å². The average Bonchev–Trinajstić information content (AvgIpc) is 3.16. The van der Waals surface area contributed by atoms with Gasteiger partial charge >= 0.3 is 12.3 Å². The van der Waals surface area contributed by atoms with Gasteiger partial charge in [-0.2, -0.15) is 13.2 Å². The first kappa shape index (κ1) is 23.6. The third-order valence-corrected chi connectivity index (χ3v) is 5.53. The van der Waals surface area contributed by atoms with Gasteiger partial charge in [0.05, 0.1) is 28.2 Å². The smallest absolute Gasteiger partial charge is 0.434 e. The van der Waals surface area contributed by atoms with E-state index in [2.05, 4.69) is 4.98 Å². The molecule has 1 aromatic heterocycles. The van der Waals surface area contributed by atoms with Gasteiger partial charge in [0, 0.05) is 17.7 Å². The summed E-state index contributed by atoms with van der Waals surface area (Å²) in [6.45, 7) is 3.76. The number of hydrogen-bond donors (Lipinski definition) is 0. The minimum absolute atomic E-state index is 0.197. The molecule has 0 atom stereocenters. The van der Waals surface area contributed by atoms with Gasteiger partial charge in [0.2, 0.25) is 0 Å². The van der Waals surface area contributed by atoms with Gasteiger partial charge in [0.15, 0.2) is 0 Å². The summed E-state index contributed by atoms with van der Waals surface area (Å²) < 4.78 is 51.8. The predicted molar refractivity (Wildman–Crippen MR) is 124 cm³/mol. The van der Waals surface area contributed by atoms with E-state index in [1.165, 1.54) is 6.07 Å². The quantitative estimate of drug-likeness (QED) is 0.216. The molecule has 0 saturated heterocycles. The molecular formula is C25H20ClF3N2O3. The van der Waals surface area contributed by atoms with Crippen LogP contribution in [0, 0.1) is 0 Å². The van der Waals surface area contributed by atoms with Crippen LogP contribution in [-0.4, -0.2) is 22.3 Å². The van der Waals surface area contributed by atoms with Crippen LogP contribution in [-0.2, 0) is 17.3 Å². The monoisotopic (exact) mass is 488 g/mol. The second-order valence-corrected chi connectivity index (χ2v) is 7.77. The number of hydrogen-bond acceptors (Lipinski definition) is 4. The molecule has 0 radical (unpaired) electrons. The molecule has 176 valence electrons. The Morgan fingerprint density at radius 3 is 2.41 bits per heavy atom. The van der Waals surface area contributed by atoms with Gasteiger partial charge in [-0.25, -0.2) is 9.78 Å². The van der Waals surface area contributed by atoms with Crippen LogP contribution in [0.1, 0.15) is 25.2 Å². The fourth-order valence-corrected chi connectivity index (χ4v) is 3.98. The second-order valence-electron chi connectivity index (χ2n) is 7.36. The number of aryl methyl sites for hydroxylation is 1. The van der Waals surface area contributed by atoms with Gasteiger partial charge in [0.25, 0.3) is 0 Å². The standard InChI is InChI=1S/C25H20ClF3N2O3/c1-3-23-30-20-13-18(25(27,28)29)19(26)14-21(20)31(23)16-11-9-15(10-12-16)17-7-5-6-8-22(17)34-24(32)33-4-2/h5-14H,3-4H2,1-2H3. The van der Waals surface area contributed by atoms with E-state index >= 15 is 0 Å². The number of rotatable bonds is 5. The molecule has 9 heteroatoms. The molecule has 0 amide bonds. The Morgan fingerprint density at radius 1 is 1.06 bits per heavy atom. The molecule has 0 aliphatic rings. The Balaban J connectivity index is 1.75. The number of alkyl halides is 3. The second kappa shape index (κ2) is 9.38. The van der Waals surface area contributed by atoms with Crippen LogP contribution in [0.15, 0.2) is 60.7 Å². The molecule has 0 unspecified atom stereocenters. The normalized spacial score (nSPS) is 11.6. The van der Waals surface area contributed by atoms with Crippen LogP contribution in [0.3, 0.4) is 0 Å². The van der Waals surface area contributed by atoms with Crippen molar-refractivity contribution in [2.45, 2.75) is 26.4 Å². The lowest BCUT2D eigenvalue weighted by Crippen LogP contribution is -2.10. The zero-order valence-corrected chi connectivity index (χ0v) is 19.1. The Morgan fingerprint density at radius 2 is 1.76 bits per heavy atom. The lowest BCUT2D eigenvalue weighted by Gasteiger charge is -2.13. The Kier molecular flexibility index (Phi) is 6.52. The fourth-order valence-electron chi connectivity index (χ4n) is 3.71. The maximum Gasteiger partial charge on any atom is 0.513 e. The predicted octanol–water partition coefficient (Wildman–Crippen LogP) is 7.46. The number of nitrogens with zero attached hydrogens (tertiary/aromatic N) is 2. The average molecular weight is 489 g/mol. The molecule has 0 spiro atoms. The van der Waals surface area contributed by atoms with E-state index in [4.69, 9.17) is 21.1 Å². The van der Waals surface area contributed by atoms with Crippen molar-refractivity contribution in [3.05, 3.63) is 77.1 Å². The first-order valence-corrected chi connectivity index (χ1v) is 10.9. The van der Waals surface area contributed by atoms with Crippen molar-refractivity contribution in [2.75, 3.05) is 6.61 Å². The van der Waals surface area contributed by atoms with Crippen molar-refractivity contribution in [3.63, 3.8) is 0 Å². The molecule has 0 aliphatic heterocycles. The molecule has 3 aromatic carbocycles. The van der Waals surface area contributed by atoms with Gasteiger partial charge in [-0.15, -0.1) is 0 Å². The molecule has 0 fully saturated rings. The zero-order chi connectivity index (χ0) is 24.5. The van der Waals surface area contributed by atoms with E-state index in [9.17, 15) is 18.0 Å². The summed E-state index contributed by atoms with van der Waals surface area (Å²) in [5, 5.41) is -0.384. The number of halogens is 4. The summed E-state index contributed by atoms with van der Waals surface area (Å²) in [7, 11) is 0. The molecule has 0 N–H and O–H groups in total. The molecule has 1 heterocycles. The zero-order valence-electron chi connectivity index (χ0n) is 18.3. The highest BCUT2D eigenvalue weighted by Gasteiger charge is 2.34. The van der Waals surface area contributed by atoms with Crippen molar-refractivity contribution in [1.82, 2.24) is 9.55 Å². The SMILES string of the molecule is CCOC(=O)Oc1ccccc1-c1ccc(-n2c(CC)nc3cc(C(F)(F)F)c(Cl)cc32)cc1. The summed E-state index contributed by atoms with van der Waals surface area (Å²) in [5.74, 6) is 0.951. The maximum absolute atomic E-state index is 13.3. The van der Waals surface area contributed by atoms with E-state index < -0.39 is 17.9 Å². The van der Waals surface area contributed by atoms with E-state index in [1.54, 1.807) is 23.6 Å². The molecular weight excluding hydrogens is 469 g/mol. The summed E-state index contributed by atoms with van der Waals surface area (Å²) in [6, 6.07) is 16.6. The lowest BCUT2D eigenvalue weighted by molar-refractivity contribution is -0.137. The van der Waals surface area contributed by atoms with Crippen LogP contribution in [0.5, 0.6) is 5.75 Å². The van der Waals surface area contributed by atoms with Crippen molar-refractivity contribution >= 4 is 28.8 Å². The van der Waals surface area contributed by atoms with Gasteiger partial charge in [0.1, 0.15) is 11.6 Å². The van der Waals surface area contributed by atoms with Gasteiger partial charge in [-0.3, -0.25) is 4.57 Å². The van der Waals surface area contributed by atoms with Crippen LogP contribution >= 0.6 is 11.6 Å². The minimum atomic E-state index is -4.57. The number of aromatic nitrogens is 2.